The van der Waals surface area contributed by atoms with Gasteiger partial charge in [0.05, 0.1) is 5.56 Å². The van der Waals surface area contributed by atoms with Crippen molar-refractivity contribution in [3.8, 4) is 0 Å². The Hall–Kier alpha value is -1.56. The maximum Gasteiger partial charge on any atom is 0.256 e. The Balaban J connectivity index is 2.09. The molecular formula is C13H16BrN3O2. The maximum absolute atomic E-state index is 12.4. The van der Waals surface area contributed by atoms with E-state index in [1.165, 1.54) is 6.92 Å². The molecule has 102 valence electrons. The van der Waals surface area contributed by atoms with Crippen LogP contribution in [0.3, 0.4) is 0 Å². The first-order valence-electron chi connectivity index (χ1n) is 6.09. The van der Waals surface area contributed by atoms with Gasteiger partial charge in [0.2, 0.25) is 5.91 Å². The predicted molar refractivity (Wildman–Crippen MR) is 76.7 cm³/mol. The van der Waals surface area contributed by atoms with Crippen LogP contribution in [0.1, 0.15) is 23.7 Å². The van der Waals surface area contributed by atoms with Crippen molar-refractivity contribution in [3.05, 3.63) is 28.2 Å². The molecule has 1 fully saturated rings. The van der Waals surface area contributed by atoms with E-state index in [2.05, 4.69) is 21.2 Å². The first-order chi connectivity index (χ1) is 8.97. The molecule has 1 aliphatic heterocycles. The van der Waals surface area contributed by atoms with Crippen molar-refractivity contribution in [1.29, 1.82) is 0 Å². The lowest BCUT2D eigenvalue weighted by Crippen LogP contribution is -2.37. The summed E-state index contributed by atoms with van der Waals surface area (Å²) in [5.74, 6) is -0.159. The van der Waals surface area contributed by atoms with Crippen LogP contribution in [0.15, 0.2) is 22.7 Å². The summed E-state index contributed by atoms with van der Waals surface area (Å²) >= 11 is 3.33. The highest BCUT2D eigenvalue weighted by atomic mass is 79.9. The van der Waals surface area contributed by atoms with Crippen LogP contribution >= 0.6 is 15.9 Å². The molecule has 0 aliphatic carbocycles. The Morgan fingerprint density at radius 3 is 2.89 bits per heavy atom. The molecule has 1 atom stereocenters. The number of likely N-dealkylation sites (tertiary alicyclic amines) is 1. The van der Waals surface area contributed by atoms with Crippen LogP contribution in [0, 0.1) is 0 Å². The maximum atomic E-state index is 12.4. The van der Waals surface area contributed by atoms with Crippen molar-refractivity contribution in [2.45, 2.75) is 19.4 Å². The second kappa shape index (κ2) is 5.61. The highest BCUT2D eigenvalue weighted by Crippen LogP contribution is 2.22. The summed E-state index contributed by atoms with van der Waals surface area (Å²) in [5.41, 5.74) is 6.80. The Bertz CT molecular complexity index is 519. The minimum atomic E-state index is -0.0911. The topological polar surface area (TPSA) is 75.4 Å². The third kappa shape index (κ3) is 3.26. The number of halogens is 1. The molecule has 2 amide bonds. The summed E-state index contributed by atoms with van der Waals surface area (Å²) in [5, 5.41) is 2.83. The highest BCUT2D eigenvalue weighted by Gasteiger charge is 2.28. The van der Waals surface area contributed by atoms with Crippen LogP contribution in [-0.4, -0.2) is 35.8 Å². The molecule has 0 radical (unpaired) electrons. The summed E-state index contributed by atoms with van der Waals surface area (Å²) in [4.78, 5) is 25.1. The van der Waals surface area contributed by atoms with Crippen LogP contribution in [0.25, 0.3) is 0 Å². The average Bonchev–Trinajstić information content (AvgIpc) is 2.79. The first kappa shape index (κ1) is 13.9. The molecule has 1 aliphatic rings. The van der Waals surface area contributed by atoms with Crippen molar-refractivity contribution in [2.24, 2.45) is 0 Å². The molecule has 0 saturated carbocycles. The summed E-state index contributed by atoms with van der Waals surface area (Å²) < 4.78 is 0.822. The van der Waals surface area contributed by atoms with Gasteiger partial charge in [0.15, 0.2) is 0 Å². The molecule has 6 heteroatoms. The van der Waals surface area contributed by atoms with Crippen molar-refractivity contribution in [1.82, 2.24) is 10.2 Å². The Kier molecular flexibility index (Phi) is 4.09. The number of anilines is 1. The van der Waals surface area contributed by atoms with Crippen molar-refractivity contribution in [3.63, 3.8) is 0 Å². The monoisotopic (exact) mass is 325 g/mol. The van der Waals surface area contributed by atoms with Crippen molar-refractivity contribution in [2.75, 3.05) is 18.8 Å². The Labute approximate surface area is 120 Å². The molecule has 1 aromatic carbocycles. The zero-order valence-corrected chi connectivity index (χ0v) is 12.2. The van der Waals surface area contributed by atoms with E-state index in [0.717, 1.165) is 10.9 Å². The van der Waals surface area contributed by atoms with Crippen LogP contribution in [0.4, 0.5) is 5.69 Å². The molecule has 1 aromatic rings. The normalized spacial score (nSPS) is 18.4. The summed E-state index contributed by atoms with van der Waals surface area (Å²) in [6, 6.07) is 5.27. The van der Waals surface area contributed by atoms with Gasteiger partial charge in [-0.2, -0.15) is 0 Å². The molecule has 0 bridgehead atoms. The van der Waals surface area contributed by atoms with E-state index in [1.54, 1.807) is 23.1 Å². The molecule has 3 N–H and O–H groups in total. The number of rotatable bonds is 2. The summed E-state index contributed by atoms with van der Waals surface area (Å²) in [6.07, 6.45) is 0.777. The van der Waals surface area contributed by atoms with Gasteiger partial charge in [0.25, 0.3) is 5.91 Å². The molecule has 1 heterocycles. The lowest BCUT2D eigenvalue weighted by Gasteiger charge is -2.18. The predicted octanol–water partition coefficient (Wildman–Crippen LogP) is 1.38. The highest BCUT2D eigenvalue weighted by molar-refractivity contribution is 9.10. The Morgan fingerprint density at radius 2 is 2.21 bits per heavy atom. The molecule has 19 heavy (non-hydrogen) atoms. The molecular weight excluding hydrogens is 310 g/mol. The van der Waals surface area contributed by atoms with Crippen LogP contribution in [0.5, 0.6) is 0 Å². The number of benzene rings is 1. The van der Waals surface area contributed by atoms with Gasteiger partial charge in [-0.1, -0.05) is 15.9 Å². The van der Waals surface area contributed by atoms with E-state index in [4.69, 9.17) is 5.73 Å². The first-order valence-corrected chi connectivity index (χ1v) is 6.88. The van der Waals surface area contributed by atoms with Crippen LogP contribution in [-0.2, 0) is 4.79 Å². The summed E-state index contributed by atoms with van der Waals surface area (Å²) in [7, 11) is 0. The van der Waals surface area contributed by atoms with Crippen LogP contribution in [0.2, 0.25) is 0 Å². The number of nitrogens with two attached hydrogens (primary N) is 1. The minimum Gasteiger partial charge on any atom is -0.398 e. The second-order valence-electron chi connectivity index (χ2n) is 4.67. The largest absolute Gasteiger partial charge is 0.398 e. The van der Waals surface area contributed by atoms with Gasteiger partial charge in [-0.3, -0.25) is 9.59 Å². The number of hydrogen-bond donors (Lipinski definition) is 2. The van der Waals surface area contributed by atoms with E-state index >= 15 is 0 Å². The number of nitrogen functional groups attached to an aromatic ring is 1. The van der Waals surface area contributed by atoms with Gasteiger partial charge < -0.3 is 16.0 Å². The van der Waals surface area contributed by atoms with E-state index in [-0.39, 0.29) is 17.9 Å². The smallest absolute Gasteiger partial charge is 0.256 e. The lowest BCUT2D eigenvalue weighted by atomic mass is 10.1. The van der Waals surface area contributed by atoms with Gasteiger partial charge in [0, 0.05) is 36.2 Å². The quantitative estimate of drug-likeness (QED) is 0.807. The van der Waals surface area contributed by atoms with Gasteiger partial charge in [-0.15, -0.1) is 0 Å². The van der Waals surface area contributed by atoms with Gasteiger partial charge in [-0.05, 0) is 24.6 Å². The number of amides is 2. The SMILES string of the molecule is CC(=O)NC1CCN(C(=O)c2cc(Br)ccc2N)C1. The fourth-order valence-electron chi connectivity index (χ4n) is 2.23. The lowest BCUT2D eigenvalue weighted by molar-refractivity contribution is -0.119. The molecule has 0 aromatic heterocycles. The van der Waals surface area contributed by atoms with Gasteiger partial charge in [-0.25, -0.2) is 0 Å². The van der Waals surface area contributed by atoms with Crippen LogP contribution < -0.4 is 11.1 Å². The molecule has 1 unspecified atom stereocenters. The molecule has 0 spiro atoms. The number of carbonyl (C=O) groups excluding carboxylic acids is 2. The van der Waals surface area contributed by atoms with E-state index in [0.29, 0.717) is 24.3 Å². The van der Waals surface area contributed by atoms with Crippen molar-refractivity contribution < 1.29 is 9.59 Å². The fraction of sp³-hybridized carbons (Fsp3) is 0.385. The number of hydrogen-bond acceptors (Lipinski definition) is 3. The Morgan fingerprint density at radius 1 is 1.47 bits per heavy atom. The molecule has 5 nitrogen and oxygen atoms in total. The zero-order chi connectivity index (χ0) is 14.0. The number of nitrogens with one attached hydrogen (secondary N) is 1. The molecule has 1 saturated heterocycles. The zero-order valence-electron chi connectivity index (χ0n) is 10.6. The van der Waals surface area contributed by atoms with E-state index in [9.17, 15) is 9.59 Å². The minimum absolute atomic E-state index is 0.0369. The van der Waals surface area contributed by atoms with E-state index < -0.39 is 0 Å². The van der Waals surface area contributed by atoms with E-state index in [1.807, 2.05) is 0 Å². The third-order valence-electron chi connectivity index (χ3n) is 3.13. The van der Waals surface area contributed by atoms with Gasteiger partial charge in [0.1, 0.15) is 0 Å². The number of nitrogens with zero attached hydrogens (tertiary/aromatic N) is 1. The average molecular weight is 326 g/mol. The fourth-order valence-corrected chi connectivity index (χ4v) is 2.60. The standard InChI is InChI=1S/C13H16BrN3O2/c1-8(18)16-10-4-5-17(7-10)13(19)11-6-9(14)2-3-12(11)15/h2-3,6,10H,4-5,7,15H2,1H3,(H,16,18). The number of carbonyl (C=O) groups is 2. The molecule has 2 rings (SSSR count). The third-order valence-corrected chi connectivity index (χ3v) is 3.62. The second-order valence-corrected chi connectivity index (χ2v) is 5.58. The van der Waals surface area contributed by atoms with Gasteiger partial charge >= 0.3 is 0 Å². The van der Waals surface area contributed by atoms with Crippen molar-refractivity contribution >= 4 is 33.4 Å². The summed E-state index contributed by atoms with van der Waals surface area (Å²) in [6.45, 7) is 2.65.